The highest BCUT2D eigenvalue weighted by Gasteiger charge is 2.16. The van der Waals surface area contributed by atoms with Crippen molar-refractivity contribution in [3.63, 3.8) is 0 Å². The summed E-state index contributed by atoms with van der Waals surface area (Å²) in [6, 6.07) is -0.136. The lowest BCUT2D eigenvalue weighted by Crippen LogP contribution is -2.45. The molecule has 1 rings (SSSR count). The van der Waals surface area contributed by atoms with Gasteiger partial charge in [-0.05, 0) is 12.5 Å². The summed E-state index contributed by atoms with van der Waals surface area (Å²) >= 11 is 0. The van der Waals surface area contributed by atoms with Crippen molar-refractivity contribution in [2.24, 2.45) is 5.73 Å². The fourth-order valence-electron chi connectivity index (χ4n) is 0.830. The molecule has 3 N–H and O–H groups in total. The van der Waals surface area contributed by atoms with Gasteiger partial charge in [0.05, 0.1) is 0 Å². The van der Waals surface area contributed by atoms with Crippen molar-refractivity contribution in [3.05, 3.63) is 11.4 Å². The lowest BCUT2D eigenvalue weighted by Gasteiger charge is -2.24. The van der Waals surface area contributed by atoms with E-state index >= 15 is 0 Å². The summed E-state index contributed by atoms with van der Waals surface area (Å²) in [4.78, 5) is 12.4. The molecule has 0 saturated heterocycles. The number of nitrogens with one attached hydrogen (secondary N) is 1. The molecular weight excluding hydrogens is 130 g/mol. The van der Waals surface area contributed by atoms with Gasteiger partial charge in [-0.2, -0.15) is 0 Å². The first-order valence-corrected chi connectivity index (χ1v) is 3.08. The maximum absolute atomic E-state index is 10.9. The van der Waals surface area contributed by atoms with Gasteiger partial charge in [-0.15, -0.1) is 0 Å². The molecule has 1 aliphatic rings. The van der Waals surface area contributed by atoms with E-state index in [4.69, 9.17) is 5.73 Å². The fourth-order valence-corrected chi connectivity index (χ4v) is 0.830. The second kappa shape index (κ2) is 2.21. The second-order valence-corrected chi connectivity index (χ2v) is 2.48. The highest BCUT2D eigenvalue weighted by Crippen LogP contribution is 2.04. The van der Waals surface area contributed by atoms with Crippen LogP contribution in [0, 0.1) is 0 Å². The highest BCUT2D eigenvalue weighted by molar-refractivity contribution is 5.77. The van der Waals surface area contributed by atoms with Gasteiger partial charge in [-0.25, -0.2) is 4.79 Å². The average Bonchev–Trinajstić information content (AvgIpc) is 1.84. The number of hydrogen-bond donors (Lipinski definition) is 2. The van der Waals surface area contributed by atoms with Crippen LogP contribution in [0.3, 0.4) is 0 Å². The van der Waals surface area contributed by atoms with Crippen LogP contribution in [0.25, 0.3) is 0 Å². The smallest absolute Gasteiger partial charge is 0.322 e. The van der Waals surface area contributed by atoms with E-state index in [1.165, 1.54) is 0 Å². The summed E-state index contributed by atoms with van der Waals surface area (Å²) in [6.07, 6.45) is 0. The second-order valence-electron chi connectivity index (χ2n) is 2.48. The molecule has 0 unspecified atom stereocenters. The molecule has 0 fully saturated rings. The number of rotatable bonds is 0. The predicted molar refractivity (Wildman–Crippen MR) is 38.0 cm³/mol. The van der Waals surface area contributed by atoms with E-state index in [2.05, 4.69) is 5.32 Å². The molecule has 0 spiro atoms. The summed E-state index contributed by atoms with van der Waals surface area (Å²) < 4.78 is 0. The van der Waals surface area contributed by atoms with Crippen LogP contribution in [0.1, 0.15) is 6.92 Å². The van der Waals surface area contributed by atoms with Gasteiger partial charge in [0.25, 0.3) is 0 Å². The zero-order chi connectivity index (χ0) is 7.72. The number of carbonyl (C=O) groups is 1. The molecule has 0 radical (unpaired) electrons. The van der Waals surface area contributed by atoms with Crippen LogP contribution in [-0.4, -0.2) is 24.5 Å². The first-order chi connectivity index (χ1) is 4.61. The van der Waals surface area contributed by atoms with Crippen LogP contribution >= 0.6 is 0 Å². The Morgan fingerprint density at radius 1 is 1.70 bits per heavy atom. The minimum absolute atomic E-state index is 0.136. The molecule has 0 saturated carbocycles. The molecule has 10 heavy (non-hydrogen) atoms. The highest BCUT2D eigenvalue weighted by atomic mass is 16.2. The van der Waals surface area contributed by atoms with Crippen molar-refractivity contribution in [1.82, 2.24) is 10.2 Å². The zero-order valence-electron chi connectivity index (χ0n) is 6.14. The number of nitrogens with two attached hydrogens (primary N) is 1. The molecule has 0 bridgehead atoms. The Balaban J connectivity index is 2.79. The van der Waals surface area contributed by atoms with Crippen molar-refractivity contribution >= 4 is 6.03 Å². The Kier molecular flexibility index (Phi) is 1.53. The Labute approximate surface area is 59.7 Å². The molecule has 0 aliphatic carbocycles. The summed E-state index contributed by atoms with van der Waals surface area (Å²) in [6.45, 7) is 2.52. The van der Waals surface area contributed by atoms with Crippen molar-refractivity contribution in [2.75, 3.05) is 13.6 Å². The van der Waals surface area contributed by atoms with Crippen molar-refractivity contribution in [3.8, 4) is 0 Å². The van der Waals surface area contributed by atoms with Crippen molar-refractivity contribution in [2.45, 2.75) is 6.92 Å². The number of nitrogens with zero attached hydrogens (tertiary/aromatic N) is 1. The summed E-state index contributed by atoms with van der Waals surface area (Å²) in [5.41, 5.74) is 6.45. The van der Waals surface area contributed by atoms with Gasteiger partial charge in [0.1, 0.15) is 5.82 Å². The molecule has 4 heteroatoms. The average molecular weight is 141 g/mol. The Morgan fingerprint density at radius 2 is 2.30 bits per heavy atom. The van der Waals surface area contributed by atoms with E-state index in [1.54, 1.807) is 11.9 Å². The number of likely N-dealkylation sites (N-methyl/N-ethyl adjacent to an activating group) is 1. The number of urea groups is 1. The van der Waals surface area contributed by atoms with Gasteiger partial charge >= 0.3 is 6.03 Å². The number of amides is 2. The Hall–Kier alpha value is -1.19. The summed E-state index contributed by atoms with van der Waals surface area (Å²) in [7, 11) is 1.73. The van der Waals surface area contributed by atoms with Crippen molar-refractivity contribution in [1.29, 1.82) is 0 Å². The Morgan fingerprint density at radius 3 is 2.80 bits per heavy atom. The third-order valence-corrected chi connectivity index (χ3v) is 1.52. The molecule has 0 atom stereocenters. The maximum Gasteiger partial charge on any atom is 0.322 e. The normalized spacial score (nSPS) is 19.4. The molecule has 0 aromatic carbocycles. The number of hydrogen-bond acceptors (Lipinski definition) is 2. The third-order valence-electron chi connectivity index (χ3n) is 1.52. The lowest BCUT2D eigenvalue weighted by molar-refractivity contribution is 0.211. The van der Waals surface area contributed by atoms with E-state index in [1.807, 2.05) is 6.92 Å². The molecule has 0 aromatic rings. The van der Waals surface area contributed by atoms with Crippen LogP contribution < -0.4 is 11.1 Å². The van der Waals surface area contributed by atoms with Crippen LogP contribution in [0.4, 0.5) is 4.79 Å². The SMILES string of the molecule is CC1=C(N)NC(=O)N(C)C1. The Bertz CT molecular complexity index is 197. The molecule has 2 amide bonds. The van der Waals surface area contributed by atoms with E-state index in [0.717, 1.165) is 5.57 Å². The minimum Gasteiger partial charge on any atom is -0.385 e. The van der Waals surface area contributed by atoms with Crippen LogP contribution in [0.15, 0.2) is 11.4 Å². The van der Waals surface area contributed by atoms with Crippen LogP contribution in [-0.2, 0) is 0 Å². The molecular formula is C6H11N3O. The fraction of sp³-hybridized carbons (Fsp3) is 0.500. The summed E-state index contributed by atoms with van der Waals surface area (Å²) in [5.74, 6) is 0.489. The van der Waals surface area contributed by atoms with E-state index in [9.17, 15) is 4.79 Å². The minimum atomic E-state index is -0.136. The number of carbonyl (C=O) groups excluding carboxylic acids is 1. The van der Waals surface area contributed by atoms with E-state index in [0.29, 0.717) is 12.4 Å². The van der Waals surface area contributed by atoms with Gasteiger partial charge in [0.15, 0.2) is 0 Å². The molecule has 4 nitrogen and oxygen atoms in total. The maximum atomic E-state index is 10.9. The van der Waals surface area contributed by atoms with Crippen LogP contribution in [0.2, 0.25) is 0 Å². The van der Waals surface area contributed by atoms with E-state index in [-0.39, 0.29) is 6.03 Å². The third kappa shape index (κ3) is 1.05. The quantitative estimate of drug-likeness (QED) is 0.492. The van der Waals surface area contributed by atoms with Crippen LogP contribution in [0.5, 0.6) is 0 Å². The largest absolute Gasteiger partial charge is 0.385 e. The first-order valence-electron chi connectivity index (χ1n) is 3.08. The molecule has 1 heterocycles. The van der Waals surface area contributed by atoms with Gasteiger partial charge < -0.3 is 10.6 Å². The van der Waals surface area contributed by atoms with Gasteiger partial charge in [0.2, 0.25) is 0 Å². The monoisotopic (exact) mass is 141 g/mol. The zero-order valence-corrected chi connectivity index (χ0v) is 6.14. The topological polar surface area (TPSA) is 58.4 Å². The van der Waals surface area contributed by atoms with Crippen molar-refractivity contribution < 1.29 is 4.79 Å². The molecule has 56 valence electrons. The lowest BCUT2D eigenvalue weighted by atomic mass is 10.2. The van der Waals surface area contributed by atoms with Gasteiger partial charge in [-0.1, -0.05) is 0 Å². The van der Waals surface area contributed by atoms with Gasteiger partial charge in [-0.3, -0.25) is 5.32 Å². The molecule has 1 aliphatic heterocycles. The van der Waals surface area contributed by atoms with E-state index < -0.39 is 0 Å². The summed E-state index contributed by atoms with van der Waals surface area (Å²) in [5, 5.41) is 2.52. The van der Waals surface area contributed by atoms with Gasteiger partial charge in [0, 0.05) is 13.6 Å². The first kappa shape index (κ1) is 6.92. The molecule has 0 aromatic heterocycles. The standard InChI is InChI=1S/C6H11N3O/c1-4-3-9(2)6(10)8-5(4)7/h3,7H2,1-2H3,(H,8,10). The predicted octanol–water partition coefficient (Wildman–Crippen LogP) is -0.168.